The third-order valence-electron chi connectivity index (χ3n) is 2.19. The van der Waals surface area contributed by atoms with Gasteiger partial charge in [-0.25, -0.2) is 4.79 Å². The second kappa shape index (κ2) is 7.21. The molecule has 0 radical (unpaired) electrons. The molecule has 0 saturated heterocycles. The Balaban J connectivity index is 4.54. The monoisotopic (exact) mass is 213 g/mol. The lowest BCUT2D eigenvalue weighted by Crippen LogP contribution is -2.35. The number of rotatable bonds is 7. The maximum Gasteiger partial charge on any atom is 0.148 e. The Morgan fingerprint density at radius 2 is 2.13 bits per heavy atom. The summed E-state index contributed by atoms with van der Waals surface area (Å²) in [5.41, 5.74) is 0.371. The van der Waals surface area contributed by atoms with Gasteiger partial charge < -0.3 is 14.4 Å². The molecule has 0 spiro atoms. The molecule has 0 aromatic rings. The van der Waals surface area contributed by atoms with Gasteiger partial charge in [0.2, 0.25) is 0 Å². The standard InChI is InChI=1S/C11H19NO3/c1-9(2)5-10(6-13)12(3)11(7-14)8-15-4/h6,9-10H,5,8H2,1-4H3. The van der Waals surface area contributed by atoms with Gasteiger partial charge in [-0.1, -0.05) is 13.8 Å². The van der Waals surface area contributed by atoms with Gasteiger partial charge in [-0.2, -0.15) is 0 Å². The molecule has 0 N–H and O–H groups in total. The molecule has 4 heteroatoms. The molecule has 0 fully saturated rings. The SMILES string of the molecule is COCC(=C=O)N(C)C(C=O)CC(C)C. The van der Waals surface area contributed by atoms with E-state index in [9.17, 15) is 9.59 Å². The van der Waals surface area contributed by atoms with Crippen molar-refractivity contribution in [2.45, 2.75) is 26.3 Å². The van der Waals surface area contributed by atoms with Crippen molar-refractivity contribution in [3.8, 4) is 0 Å². The van der Waals surface area contributed by atoms with Gasteiger partial charge >= 0.3 is 0 Å². The van der Waals surface area contributed by atoms with Gasteiger partial charge in [0, 0.05) is 14.2 Å². The minimum absolute atomic E-state index is 0.183. The molecule has 1 unspecified atom stereocenters. The third-order valence-corrected chi connectivity index (χ3v) is 2.19. The number of aldehydes is 1. The molecule has 86 valence electrons. The summed E-state index contributed by atoms with van der Waals surface area (Å²) in [6.45, 7) is 4.25. The Morgan fingerprint density at radius 1 is 1.53 bits per heavy atom. The van der Waals surface area contributed by atoms with Gasteiger partial charge in [-0.15, -0.1) is 0 Å². The fourth-order valence-corrected chi connectivity index (χ4v) is 1.33. The average Bonchev–Trinajstić information content (AvgIpc) is 2.21. The lowest BCUT2D eigenvalue weighted by atomic mass is 10.0. The first kappa shape index (κ1) is 13.9. The summed E-state index contributed by atoms with van der Waals surface area (Å²) < 4.78 is 4.86. The topological polar surface area (TPSA) is 46.6 Å². The van der Waals surface area contributed by atoms with Crippen molar-refractivity contribution in [2.24, 2.45) is 5.92 Å². The zero-order valence-corrected chi connectivity index (χ0v) is 9.82. The van der Waals surface area contributed by atoms with Crippen LogP contribution in [0.15, 0.2) is 5.70 Å². The Morgan fingerprint density at radius 3 is 2.47 bits per heavy atom. The van der Waals surface area contributed by atoms with Crippen LogP contribution in [0.5, 0.6) is 0 Å². The van der Waals surface area contributed by atoms with E-state index in [-0.39, 0.29) is 12.6 Å². The lowest BCUT2D eigenvalue weighted by Gasteiger charge is -2.26. The summed E-state index contributed by atoms with van der Waals surface area (Å²) in [7, 11) is 3.21. The van der Waals surface area contributed by atoms with E-state index in [1.807, 2.05) is 13.8 Å². The number of likely N-dealkylation sites (N-methyl/N-ethyl adjacent to an activating group) is 1. The summed E-state index contributed by atoms with van der Waals surface area (Å²) in [5.74, 6) is 2.20. The van der Waals surface area contributed by atoms with E-state index in [1.165, 1.54) is 7.11 Å². The van der Waals surface area contributed by atoms with Gasteiger partial charge in [0.25, 0.3) is 0 Å². The highest BCUT2D eigenvalue weighted by Gasteiger charge is 2.18. The molecule has 0 saturated carbocycles. The normalized spacial score (nSPS) is 12.1. The highest BCUT2D eigenvalue weighted by atomic mass is 16.5. The molecule has 0 aliphatic heterocycles. The minimum Gasteiger partial charge on any atom is -0.378 e. The number of carbonyl (C=O) groups is 1. The quantitative estimate of drug-likeness (QED) is 0.465. The van der Waals surface area contributed by atoms with Crippen molar-refractivity contribution >= 4 is 12.2 Å². The van der Waals surface area contributed by atoms with Crippen molar-refractivity contribution in [1.29, 1.82) is 0 Å². The van der Waals surface area contributed by atoms with E-state index in [0.29, 0.717) is 11.6 Å². The third kappa shape index (κ3) is 4.77. The summed E-state index contributed by atoms with van der Waals surface area (Å²) in [6, 6.07) is -0.281. The highest BCUT2D eigenvalue weighted by Crippen LogP contribution is 2.12. The van der Waals surface area contributed by atoms with Crippen LogP contribution < -0.4 is 0 Å². The lowest BCUT2D eigenvalue weighted by molar-refractivity contribution is -0.112. The Hall–Kier alpha value is -1.12. The maximum atomic E-state index is 10.9. The fraction of sp³-hybridized carbons (Fsp3) is 0.727. The van der Waals surface area contributed by atoms with Crippen LogP contribution in [0.1, 0.15) is 20.3 Å². The second-order valence-electron chi connectivity index (χ2n) is 3.93. The summed E-state index contributed by atoms with van der Waals surface area (Å²) in [5, 5.41) is 0. The van der Waals surface area contributed by atoms with Crippen molar-refractivity contribution < 1.29 is 14.3 Å². The number of nitrogens with zero attached hydrogens (tertiary/aromatic N) is 1. The molecule has 0 bridgehead atoms. The molecule has 1 atom stereocenters. The van der Waals surface area contributed by atoms with Gasteiger partial charge in [0.1, 0.15) is 17.9 Å². The molecule has 0 aromatic carbocycles. The molecule has 0 rings (SSSR count). The second-order valence-corrected chi connectivity index (χ2v) is 3.93. The number of methoxy groups -OCH3 is 1. The summed E-state index contributed by atoms with van der Waals surface area (Å²) in [4.78, 5) is 23.2. The molecule has 0 aliphatic rings. The summed E-state index contributed by atoms with van der Waals surface area (Å²) >= 11 is 0. The first-order valence-electron chi connectivity index (χ1n) is 4.97. The smallest absolute Gasteiger partial charge is 0.148 e. The van der Waals surface area contributed by atoms with Crippen LogP contribution in [0.2, 0.25) is 0 Å². The first-order chi connectivity index (χ1) is 7.06. The van der Waals surface area contributed by atoms with Crippen LogP contribution in [0.4, 0.5) is 0 Å². The molecular weight excluding hydrogens is 194 g/mol. The van der Waals surface area contributed by atoms with Gasteiger partial charge in [-0.05, 0) is 12.3 Å². The van der Waals surface area contributed by atoms with Crippen molar-refractivity contribution in [2.75, 3.05) is 20.8 Å². The van der Waals surface area contributed by atoms with E-state index in [0.717, 1.165) is 12.7 Å². The number of carbonyl (C=O) groups excluding carboxylic acids is 2. The van der Waals surface area contributed by atoms with Crippen LogP contribution in [-0.4, -0.2) is 43.9 Å². The largest absolute Gasteiger partial charge is 0.378 e. The Bertz CT molecular complexity index is 244. The first-order valence-corrected chi connectivity index (χ1v) is 4.97. The Labute approximate surface area is 90.9 Å². The van der Waals surface area contributed by atoms with Gasteiger partial charge in [0.15, 0.2) is 0 Å². The molecule has 0 heterocycles. The maximum absolute atomic E-state index is 10.9. The number of hydrogen-bond acceptors (Lipinski definition) is 4. The molecule has 0 amide bonds. The van der Waals surface area contributed by atoms with E-state index >= 15 is 0 Å². The van der Waals surface area contributed by atoms with Crippen LogP contribution in [0.25, 0.3) is 0 Å². The van der Waals surface area contributed by atoms with E-state index in [1.54, 1.807) is 17.9 Å². The predicted molar refractivity (Wildman–Crippen MR) is 58.2 cm³/mol. The zero-order valence-electron chi connectivity index (χ0n) is 9.82. The van der Waals surface area contributed by atoms with E-state index < -0.39 is 0 Å². The van der Waals surface area contributed by atoms with Gasteiger partial charge in [-0.3, -0.25) is 0 Å². The van der Waals surface area contributed by atoms with Crippen LogP contribution in [0, 0.1) is 5.92 Å². The molecular formula is C11H19NO3. The van der Waals surface area contributed by atoms with E-state index in [4.69, 9.17) is 4.74 Å². The minimum atomic E-state index is -0.281. The number of ether oxygens (including phenoxy) is 1. The summed E-state index contributed by atoms with van der Waals surface area (Å²) in [6.07, 6.45) is 1.57. The van der Waals surface area contributed by atoms with Crippen molar-refractivity contribution in [1.82, 2.24) is 4.90 Å². The van der Waals surface area contributed by atoms with Gasteiger partial charge in [0.05, 0.1) is 12.6 Å². The Kier molecular flexibility index (Phi) is 6.67. The molecule has 0 aliphatic carbocycles. The molecule has 0 aromatic heterocycles. The molecule has 4 nitrogen and oxygen atoms in total. The van der Waals surface area contributed by atoms with Crippen molar-refractivity contribution in [3.63, 3.8) is 0 Å². The highest BCUT2D eigenvalue weighted by molar-refractivity contribution is 5.60. The predicted octanol–water partition coefficient (Wildman–Crippen LogP) is 0.894. The van der Waals surface area contributed by atoms with Crippen molar-refractivity contribution in [3.05, 3.63) is 5.70 Å². The van der Waals surface area contributed by atoms with Crippen LogP contribution >= 0.6 is 0 Å². The van der Waals surface area contributed by atoms with Crippen LogP contribution in [-0.2, 0) is 14.3 Å². The van der Waals surface area contributed by atoms with E-state index in [2.05, 4.69) is 0 Å². The number of hydrogen-bond donors (Lipinski definition) is 0. The molecule has 15 heavy (non-hydrogen) atoms. The average molecular weight is 213 g/mol. The fourth-order valence-electron chi connectivity index (χ4n) is 1.33. The van der Waals surface area contributed by atoms with Crippen LogP contribution in [0.3, 0.4) is 0 Å². The zero-order chi connectivity index (χ0) is 11.8.